The third-order valence-corrected chi connectivity index (χ3v) is 2.56. The highest BCUT2D eigenvalue weighted by atomic mass is 16.5. The van der Waals surface area contributed by atoms with E-state index in [1.54, 1.807) is 10.9 Å². The van der Waals surface area contributed by atoms with Gasteiger partial charge in [0, 0.05) is 12.4 Å². The van der Waals surface area contributed by atoms with Crippen LogP contribution in [0.5, 0.6) is 5.75 Å². The lowest BCUT2D eigenvalue weighted by atomic mass is 10.1. The average molecular weight is 246 g/mol. The van der Waals surface area contributed by atoms with Gasteiger partial charge in [-0.3, -0.25) is 4.68 Å². The summed E-state index contributed by atoms with van der Waals surface area (Å²) in [6.07, 6.45) is 3.13. The van der Waals surface area contributed by atoms with E-state index < -0.39 is 6.10 Å². The molecule has 0 radical (unpaired) electrons. The summed E-state index contributed by atoms with van der Waals surface area (Å²) in [5, 5.41) is 14.1. The maximum atomic E-state index is 10.1. The lowest BCUT2D eigenvalue weighted by Gasteiger charge is -2.13. The van der Waals surface area contributed by atoms with Crippen molar-refractivity contribution in [1.82, 2.24) is 9.78 Å². The van der Waals surface area contributed by atoms with Crippen molar-refractivity contribution < 1.29 is 9.84 Å². The Kier molecular flexibility index (Phi) is 3.99. The quantitative estimate of drug-likeness (QED) is 0.881. The minimum atomic E-state index is -0.557. The molecule has 0 amide bonds. The lowest BCUT2D eigenvalue weighted by molar-refractivity contribution is 0.151. The molecule has 1 heterocycles. The third-order valence-electron chi connectivity index (χ3n) is 2.56. The molecule has 0 fully saturated rings. The van der Waals surface area contributed by atoms with Gasteiger partial charge in [-0.2, -0.15) is 5.10 Å². The highest BCUT2D eigenvalue weighted by Crippen LogP contribution is 2.19. The fraction of sp³-hybridized carbons (Fsp3) is 0.357. The maximum Gasteiger partial charge on any atom is 0.119 e. The molecule has 4 heteroatoms. The van der Waals surface area contributed by atoms with Crippen LogP contribution >= 0.6 is 0 Å². The second-order valence-electron chi connectivity index (χ2n) is 4.48. The smallest absolute Gasteiger partial charge is 0.119 e. The van der Waals surface area contributed by atoms with Gasteiger partial charge in [-0.1, -0.05) is 12.1 Å². The second-order valence-corrected chi connectivity index (χ2v) is 4.48. The summed E-state index contributed by atoms with van der Waals surface area (Å²) in [6, 6.07) is 9.35. The van der Waals surface area contributed by atoms with Gasteiger partial charge >= 0.3 is 0 Å². The number of aromatic nitrogens is 2. The van der Waals surface area contributed by atoms with E-state index in [4.69, 9.17) is 4.74 Å². The average Bonchev–Trinajstić information content (AvgIpc) is 2.82. The fourth-order valence-corrected chi connectivity index (χ4v) is 1.73. The van der Waals surface area contributed by atoms with Crippen LogP contribution in [0, 0.1) is 0 Å². The Labute approximate surface area is 107 Å². The highest BCUT2D eigenvalue weighted by molar-refractivity contribution is 5.28. The SMILES string of the molecule is CC(C)Oc1ccc(C(O)Cn2cccn2)cc1. The molecule has 0 saturated heterocycles. The zero-order chi connectivity index (χ0) is 13.0. The summed E-state index contributed by atoms with van der Waals surface area (Å²) in [7, 11) is 0. The molecule has 2 rings (SSSR count). The molecule has 1 aromatic heterocycles. The third kappa shape index (κ3) is 3.34. The molecule has 0 aliphatic rings. The van der Waals surface area contributed by atoms with Gasteiger partial charge in [0.15, 0.2) is 0 Å². The van der Waals surface area contributed by atoms with E-state index >= 15 is 0 Å². The first-order valence-corrected chi connectivity index (χ1v) is 6.07. The van der Waals surface area contributed by atoms with Crippen LogP contribution in [0.3, 0.4) is 0 Å². The molecule has 2 aromatic rings. The monoisotopic (exact) mass is 246 g/mol. The van der Waals surface area contributed by atoms with Gasteiger partial charge in [-0.05, 0) is 37.6 Å². The number of aliphatic hydroxyl groups excluding tert-OH is 1. The van der Waals surface area contributed by atoms with Gasteiger partial charge in [-0.25, -0.2) is 0 Å². The summed E-state index contributed by atoms with van der Waals surface area (Å²) in [5.74, 6) is 0.819. The fourth-order valence-electron chi connectivity index (χ4n) is 1.73. The molecule has 0 spiro atoms. The Bertz CT molecular complexity index is 463. The summed E-state index contributed by atoms with van der Waals surface area (Å²) in [5.41, 5.74) is 0.863. The molecule has 0 saturated carbocycles. The van der Waals surface area contributed by atoms with Crippen molar-refractivity contribution in [3.8, 4) is 5.75 Å². The first-order chi connectivity index (χ1) is 8.65. The summed E-state index contributed by atoms with van der Waals surface area (Å²) in [6.45, 7) is 4.43. The lowest BCUT2D eigenvalue weighted by Crippen LogP contribution is -2.09. The van der Waals surface area contributed by atoms with Crippen molar-refractivity contribution in [1.29, 1.82) is 0 Å². The van der Waals surface area contributed by atoms with Crippen molar-refractivity contribution in [2.75, 3.05) is 0 Å². The number of benzene rings is 1. The maximum absolute atomic E-state index is 10.1. The summed E-state index contributed by atoms with van der Waals surface area (Å²) < 4.78 is 7.27. The standard InChI is InChI=1S/C14H18N2O2/c1-11(2)18-13-6-4-12(5-7-13)14(17)10-16-9-3-8-15-16/h3-9,11,14,17H,10H2,1-2H3. The van der Waals surface area contributed by atoms with E-state index in [0.29, 0.717) is 6.54 Å². The van der Waals surface area contributed by atoms with Crippen molar-refractivity contribution in [3.05, 3.63) is 48.3 Å². The predicted octanol–water partition coefficient (Wildman–Crippen LogP) is 2.40. The Balaban J connectivity index is 2.00. The molecule has 18 heavy (non-hydrogen) atoms. The largest absolute Gasteiger partial charge is 0.491 e. The minimum absolute atomic E-state index is 0.157. The van der Waals surface area contributed by atoms with Crippen LogP contribution in [-0.4, -0.2) is 21.0 Å². The molecule has 96 valence electrons. The van der Waals surface area contributed by atoms with Crippen molar-refractivity contribution in [2.45, 2.75) is 32.6 Å². The molecule has 1 aromatic carbocycles. The predicted molar refractivity (Wildman–Crippen MR) is 69.4 cm³/mol. The Morgan fingerprint density at radius 1 is 1.28 bits per heavy atom. The van der Waals surface area contributed by atoms with Gasteiger partial charge in [0.25, 0.3) is 0 Å². The molecule has 1 N–H and O–H groups in total. The van der Waals surface area contributed by atoms with E-state index in [-0.39, 0.29) is 6.10 Å². The summed E-state index contributed by atoms with van der Waals surface area (Å²) >= 11 is 0. The van der Waals surface area contributed by atoms with Crippen molar-refractivity contribution in [3.63, 3.8) is 0 Å². The van der Waals surface area contributed by atoms with Gasteiger partial charge < -0.3 is 9.84 Å². The van der Waals surface area contributed by atoms with E-state index in [0.717, 1.165) is 11.3 Å². The number of rotatable bonds is 5. The number of hydrogen-bond acceptors (Lipinski definition) is 3. The van der Waals surface area contributed by atoms with Gasteiger partial charge in [0.05, 0.1) is 18.8 Å². The molecule has 1 atom stereocenters. The van der Waals surface area contributed by atoms with Crippen LogP contribution in [0.4, 0.5) is 0 Å². The van der Waals surface area contributed by atoms with E-state index in [1.807, 2.05) is 50.4 Å². The molecule has 4 nitrogen and oxygen atoms in total. The molecule has 0 aliphatic heterocycles. The minimum Gasteiger partial charge on any atom is -0.491 e. The Morgan fingerprint density at radius 2 is 2.00 bits per heavy atom. The molecule has 0 aliphatic carbocycles. The van der Waals surface area contributed by atoms with Crippen molar-refractivity contribution in [2.24, 2.45) is 0 Å². The zero-order valence-corrected chi connectivity index (χ0v) is 10.7. The first-order valence-electron chi connectivity index (χ1n) is 6.07. The van der Waals surface area contributed by atoms with Crippen LogP contribution in [0.15, 0.2) is 42.7 Å². The normalized spacial score (nSPS) is 12.7. The Hall–Kier alpha value is -1.81. The second kappa shape index (κ2) is 5.69. The van der Waals surface area contributed by atoms with Crippen LogP contribution in [-0.2, 0) is 6.54 Å². The van der Waals surface area contributed by atoms with Crippen LogP contribution in [0.25, 0.3) is 0 Å². The summed E-state index contributed by atoms with van der Waals surface area (Å²) in [4.78, 5) is 0. The van der Waals surface area contributed by atoms with Gasteiger partial charge in [0.2, 0.25) is 0 Å². The molecule has 0 bridgehead atoms. The number of nitrogens with zero attached hydrogens (tertiary/aromatic N) is 2. The number of hydrogen-bond donors (Lipinski definition) is 1. The first kappa shape index (κ1) is 12.6. The van der Waals surface area contributed by atoms with E-state index in [9.17, 15) is 5.11 Å². The van der Waals surface area contributed by atoms with Crippen LogP contribution in [0.1, 0.15) is 25.5 Å². The topological polar surface area (TPSA) is 47.3 Å². The zero-order valence-electron chi connectivity index (χ0n) is 10.7. The van der Waals surface area contributed by atoms with E-state index in [2.05, 4.69) is 5.10 Å². The Morgan fingerprint density at radius 3 is 2.56 bits per heavy atom. The number of aliphatic hydroxyl groups is 1. The van der Waals surface area contributed by atoms with Crippen LogP contribution < -0.4 is 4.74 Å². The van der Waals surface area contributed by atoms with Crippen molar-refractivity contribution >= 4 is 0 Å². The van der Waals surface area contributed by atoms with Gasteiger partial charge in [-0.15, -0.1) is 0 Å². The van der Waals surface area contributed by atoms with E-state index in [1.165, 1.54) is 0 Å². The highest BCUT2D eigenvalue weighted by Gasteiger charge is 2.08. The van der Waals surface area contributed by atoms with Crippen LogP contribution in [0.2, 0.25) is 0 Å². The molecular weight excluding hydrogens is 228 g/mol. The number of ether oxygens (including phenoxy) is 1. The van der Waals surface area contributed by atoms with Gasteiger partial charge in [0.1, 0.15) is 5.75 Å². The molecule has 1 unspecified atom stereocenters. The molecular formula is C14H18N2O2.